The molecule has 5 heteroatoms. The lowest BCUT2D eigenvalue weighted by molar-refractivity contribution is -1.05. The van der Waals surface area contributed by atoms with Crippen LogP contribution in [0.15, 0.2) is 0 Å². The number of quaternary nitrogens is 1. The summed E-state index contributed by atoms with van der Waals surface area (Å²) in [5.74, 6) is 15.5. The predicted octanol–water partition coefficient (Wildman–Crippen LogP) is -2.35. The highest BCUT2D eigenvalue weighted by Crippen LogP contribution is 2.03. The Bertz CT molecular complexity index is 68.6. The van der Waals surface area contributed by atoms with Crippen LogP contribution in [0.1, 0.15) is 0 Å². The molecule has 1 rings (SSSR count). The van der Waals surface area contributed by atoms with Crippen LogP contribution in [0.3, 0.4) is 0 Å². The molecular weight excluding hydrogens is 94.1 g/mol. The summed E-state index contributed by atoms with van der Waals surface area (Å²) in [5, 5.41) is 1.71. The molecule has 5 nitrogen and oxygen atoms in total. The second-order valence-corrected chi connectivity index (χ2v) is 1.75. The van der Waals surface area contributed by atoms with Crippen molar-refractivity contribution in [1.29, 1.82) is 0 Å². The standard InChI is InChI=1S/C2H10N5/c3-7(4,5)6-1-2-6/h1-5H2/q+1. The Balaban J connectivity index is 2.36. The summed E-state index contributed by atoms with van der Waals surface area (Å²) in [4.78, 5) is -0.500. The number of hydrogen-bond acceptors (Lipinski definition) is 4. The third-order valence-corrected chi connectivity index (χ3v) is 0.914. The average Bonchev–Trinajstić information content (AvgIpc) is 1.99. The topological polar surface area (TPSA) is 81.1 Å². The van der Waals surface area contributed by atoms with E-state index in [9.17, 15) is 0 Å². The average molecular weight is 104 g/mol. The van der Waals surface area contributed by atoms with Crippen molar-refractivity contribution in [2.75, 3.05) is 13.1 Å². The minimum Gasteiger partial charge on any atom is -0.121 e. The number of nitrogens with zero attached hydrogens (tertiary/aromatic N) is 2. The molecule has 0 amide bonds. The Morgan fingerprint density at radius 3 is 1.57 bits per heavy atom. The molecular formula is C2H10N5+. The summed E-state index contributed by atoms with van der Waals surface area (Å²) in [5.41, 5.74) is 0. The van der Waals surface area contributed by atoms with E-state index in [2.05, 4.69) is 0 Å². The molecule has 6 N–H and O–H groups in total. The minimum atomic E-state index is -0.500. The summed E-state index contributed by atoms with van der Waals surface area (Å²) >= 11 is 0. The van der Waals surface area contributed by atoms with Gasteiger partial charge in [-0.15, -0.1) is 17.5 Å². The van der Waals surface area contributed by atoms with Crippen molar-refractivity contribution in [2.45, 2.75) is 0 Å². The lowest BCUT2D eigenvalue weighted by atomic mass is 11.0. The molecule has 1 aliphatic rings. The Labute approximate surface area is 41.7 Å². The van der Waals surface area contributed by atoms with Gasteiger partial charge >= 0.3 is 0 Å². The minimum absolute atomic E-state index is 0.500. The van der Waals surface area contributed by atoms with Gasteiger partial charge in [0.25, 0.3) is 0 Å². The lowest BCUT2D eigenvalue weighted by Gasteiger charge is -2.17. The molecule has 0 radical (unpaired) electrons. The van der Waals surface area contributed by atoms with Gasteiger partial charge in [0.2, 0.25) is 0 Å². The van der Waals surface area contributed by atoms with Gasteiger partial charge in [-0.25, -0.2) is 0 Å². The SMILES string of the molecule is N[N+](N)(N)N1CC1. The first-order valence-electron chi connectivity index (χ1n) is 2.11. The second-order valence-electron chi connectivity index (χ2n) is 1.75. The van der Waals surface area contributed by atoms with Gasteiger partial charge in [0.15, 0.2) is 0 Å². The first kappa shape index (κ1) is 4.95. The van der Waals surface area contributed by atoms with Crippen molar-refractivity contribution < 1.29 is 4.92 Å². The van der Waals surface area contributed by atoms with Crippen LogP contribution in [0.2, 0.25) is 0 Å². The molecule has 0 bridgehead atoms. The molecule has 0 aromatic rings. The number of hydrogen-bond donors (Lipinski definition) is 3. The lowest BCUT2D eigenvalue weighted by Crippen LogP contribution is -2.69. The molecule has 0 saturated carbocycles. The first-order chi connectivity index (χ1) is 3.11. The molecule has 1 aliphatic heterocycles. The van der Waals surface area contributed by atoms with Crippen LogP contribution in [0.4, 0.5) is 0 Å². The zero-order valence-corrected chi connectivity index (χ0v) is 4.04. The maximum absolute atomic E-state index is 5.16. The van der Waals surface area contributed by atoms with E-state index in [0.29, 0.717) is 0 Å². The normalized spacial score (nSPS) is 22.7. The zero-order chi connectivity index (χ0) is 5.49. The van der Waals surface area contributed by atoms with E-state index in [1.54, 1.807) is 5.01 Å². The van der Waals surface area contributed by atoms with Gasteiger partial charge in [0, 0.05) is 0 Å². The second kappa shape index (κ2) is 1.15. The Morgan fingerprint density at radius 1 is 1.14 bits per heavy atom. The van der Waals surface area contributed by atoms with Crippen LogP contribution in [0.25, 0.3) is 0 Å². The molecule has 42 valence electrons. The fourth-order valence-electron chi connectivity index (χ4n) is 0.391. The van der Waals surface area contributed by atoms with Crippen molar-refractivity contribution in [1.82, 2.24) is 5.01 Å². The van der Waals surface area contributed by atoms with Crippen LogP contribution in [0, 0.1) is 0 Å². The Kier molecular flexibility index (Phi) is 0.810. The van der Waals surface area contributed by atoms with E-state index in [-0.39, 0.29) is 0 Å². The van der Waals surface area contributed by atoms with E-state index in [1.807, 2.05) is 0 Å². The summed E-state index contributed by atoms with van der Waals surface area (Å²) < 4.78 is 0. The smallest absolute Gasteiger partial charge is 0.0721 e. The van der Waals surface area contributed by atoms with Crippen LogP contribution >= 0.6 is 0 Å². The molecule has 0 aromatic carbocycles. The van der Waals surface area contributed by atoms with Gasteiger partial charge in [0.1, 0.15) is 0 Å². The fraction of sp³-hybridized carbons (Fsp3) is 1.00. The van der Waals surface area contributed by atoms with Crippen molar-refractivity contribution in [2.24, 2.45) is 17.5 Å². The summed E-state index contributed by atoms with van der Waals surface area (Å²) in [6.07, 6.45) is 0. The Morgan fingerprint density at radius 2 is 1.57 bits per heavy atom. The molecule has 0 aromatic heterocycles. The molecule has 0 atom stereocenters. The highest BCUT2D eigenvalue weighted by atomic mass is 16.1. The van der Waals surface area contributed by atoms with Crippen molar-refractivity contribution in [3.63, 3.8) is 0 Å². The van der Waals surface area contributed by atoms with Crippen molar-refractivity contribution in [3.05, 3.63) is 0 Å². The zero-order valence-electron chi connectivity index (χ0n) is 4.04. The summed E-state index contributed by atoms with van der Waals surface area (Å²) in [7, 11) is 0. The number of rotatable bonds is 1. The monoisotopic (exact) mass is 104 g/mol. The molecule has 0 spiro atoms. The van der Waals surface area contributed by atoms with Crippen LogP contribution < -0.4 is 17.5 Å². The molecule has 0 unspecified atom stereocenters. The van der Waals surface area contributed by atoms with E-state index < -0.39 is 4.92 Å². The maximum atomic E-state index is 5.16. The van der Waals surface area contributed by atoms with Gasteiger partial charge in [-0.1, -0.05) is 5.01 Å². The van der Waals surface area contributed by atoms with Crippen molar-refractivity contribution in [3.8, 4) is 0 Å². The molecule has 1 saturated heterocycles. The third kappa shape index (κ3) is 1.08. The van der Waals surface area contributed by atoms with E-state index in [0.717, 1.165) is 13.1 Å². The summed E-state index contributed by atoms with van der Waals surface area (Å²) in [6.45, 7) is 1.81. The van der Waals surface area contributed by atoms with Gasteiger partial charge in [0.05, 0.1) is 13.1 Å². The van der Waals surface area contributed by atoms with Crippen LogP contribution in [0.5, 0.6) is 0 Å². The van der Waals surface area contributed by atoms with Gasteiger partial charge in [-0.2, -0.15) is 0 Å². The number of nitrogens with two attached hydrogens (primary N) is 3. The van der Waals surface area contributed by atoms with Gasteiger partial charge < -0.3 is 0 Å². The van der Waals surface area contributed by atoms with Crippen LogP contribution in [-0.2, 0) is 0 Å². The van der Waals surface area contributed by atoms with E-state index >= 15 is 0 Å². The van der Waals surface area contributed by atoms with E-state index in [4.69, 9.17) is 17.5 Å². The fourth-order valence-corrected chi connectivity index (χ4v) is 0.391. The first-order valence-corrected chi connectivity index (χ1v) is 2.11. The third-order valence-electron chi connectivity index (χ3n) is 0.914. The molecule has 0 aliphatic carbocycles. The Hall–Kier alpha value is -0.200. The van der Waals surface area contributed by atoms with E-state index in [1.165, 1.54) is 0 Å². The highest BCUT2D eigenvalue weighted by molar-refractivity contribution is 4.58. The van der Waals surface area contributed by atoms with Gasteiger partial charge in [-0.3, -0.25) is 0 Å². The van der Waals surface area contributed by atoms with Gasteiger partial charge in [-0.05, 0) is 4.92 Å². The predicted molar refractivity (Wildman–Crippen MR) is 24.4 cm³/mol. The molecule has 1 heterocycles. The molecule has 1 fully saturated rings. The quantitative estimate of drug-likeness (QED) is 0.151. The molecule has 7 heavy (non-hydrogen) atoms. The van der Waals surface area contributed by atoms with Crippen molar-refractivity contribution >= 4 is 0 Å². The van der Waals surface area contributed by atoms with Crippen LogP contribution in [-0.4, -0.2) is 23.0 Å². The summed E-state index contributed by atoms with van der Waals surface area (Å²) in [6, 6.07) is 0. The maximum Gasteiger partial charge on any atom is 0.0721 e. The largest absolute Gasteiger partial charge is 0.121 e. The highest BCUT2D eigenvalue weighted by Gasteiger charge is 2.35.